The smallest absolute Gasteiger partial charge is 0.422 e. The molecule has 212 valence electrons. The lowest BCUT2D eigenvalue weighted by Gasteiger charge is -2.40. The highest BCUT2D eigenvalue weighted by Gasteiger charge is 2.41. The van der Waals surface area contributed by atoms with Crippen LogP contribution in [0.2, 0.25) is 0 Å². The Balaban J connectivity index is 1.73. The molecular weight excluding hydrogens is 514 g/mol. The van der Waals surface area contributed by atoms with Gasteiger partial charge in [-0.1, -0.05) is 32.9 Å². The van der Waals surface area contributed by atoms with Crippen molar-refractivity contribution in [3.8, 4) is 0 Å². The number of esters is 1. The zero-order valence-corrected chi connectivity index (χ0v) is 25.1. The molecule has 1 unspecified atom stereocenters. The Hall–Kier alpha value is -2.95. The highest BCUT2D eigenvalue weighted by atomic mass is 32.1. The maximum absolute atomic E-state index is 14.1. The molecule has 1 aromatic carbocycles. The fourth-order valence-corrected chi connectivity index (χ4v) is 6.03. The molecule has 0 bridgehead atoms. The molecule has 1 aromatic heterocycles. The topological polar surface area (TPSA) is 101 Å². The Morgan fingerprint density at radius 1 is 1.03 bits per heavy atom. The van der Waals surface area contributed by atoms with Gasteiger partial charge in [0, 0.05) is 44.9 Å². The van der Waals surface area contributed by atoms with Gasteiger partial charge in [0.1, 0.15) is 16.0 Å². The van der Waals surface area contributed by atoms with Crippen molar-refractivity contribution >= 4 is 40.6 Å². The van der Waals surface area contributed by atoms with Gasteiger partial charge in [-0.05, 0) is 50.9 Å². The number of benzene rings is 1. The molecule has 0 spiro atoms. The predicted octanol–water partition coefficient (Wildman–Crippen LogP) is 3.71. The van der Waals surface area contributed by atoms with Crippen LogP contribution in [0.3, 0.4) is 0 Å². The first kappa shape index (κ1) is 29.0. The average molecular weight is 556 g/mol. The van der Waals surface area contributed by atoms with E-state index in [9.17, 15) is 9.59 Å². The normalized spacial score (nSPS) is 17.9. The summed E-state index contributed by atoms with van der Waals surface area (Å²) in [5.41, 5.74) is 6.19. The molecule has 1 fully saturated rings. The second kappa shape index (κ2) is 10.6. The van der Waals surface area contributed by atoms with Crippen LogP contribution in [0.25, 0.3) is 5.82 Å². The van der Waals surface area contributed by atoms with Crippen LogP contribution in [0.1, 0.15) is 52.8 Å². The maximum atomic E-state index is 14.1. The minimum absolute atomic E-state index is 0.189. The number of carbonyl (C=O) groups excluding carboxylic acids is 2. The number of piperazine rings is 1. The van der Waals surface area contributed by atoms with E-state index in [-0.39, 0.29) is 5.41 Å². The Morgan fingerprint density at radius 3 is 2.31 bits per heavy atom. The molecule has 39 heavy (non-hydrogen) atoms. The van der Waals surface area contributed by atoms with Crippen molar-refractivity contribution in [2.75, 3.05) is 38.1 Å². The van der Waals surface area contributed by atoms with E-state index in [0.29, 0.717) is 17.8 Å². The third-order valence-corrected chi connectivity index (χ3v) is 7.60. The molecule has 0 aliphatic carbocycles. The molecule has 4 rings (SSSR count). The maximum Gasteiger partial charge on any atom is 0.423 e. The summed E-state index contributed by atoms with van der Waals surface area (Å²) in [5.74, 6) is -1.47. The average Bonchev–Trinajstić information content (AvgIpc) is 3.09. The van der Waals surface area contributed by atoms with Crippen LogP contribution >= 0.6 is 11.3 Å². The van der Waals surface area contributed by atoms with Gasteiger partial charge >= 0.3 is 12.1 Å². The molecular formula is C29H41N5O4S. The first-order valence-corrected chi connectivity index (χ1v) is 14.2. The number of hydrogen-bond acceptors (Lipinski definition) is 9. The molecule has 0 saturated carbocycles. The number of aryl methyl sites for hydroxylation is 1. The quantitative estimate of drug-likeness (QED) is 0.443. The summed E-state index contributed by atoms with van der Waals surface area (Å²) in [4.78, 5) is 39.3. The predicted molar refractivity (Wildman–Crippen MR) is 154 cm³/mol. The van der Waals surface area contributed by atoms with Crippen LogP contribution in [-0.2, 0) is 14.3 Å². The monoisotopic (exact) mass is 555 g/mol. The Bertz CT molecular complexity index is 1370. The van der Waals surface area contributed by atoms with E-state index in [1.165, 1.54) is 0 Å². The molecule has 2 aromatic rings. The van der Waals surface area contributed by atoms with Crippen molar-refractivity contribution in [2.24, 2.45) is 16.1 Å². The molecule has 10 heteroatoms. The van der Waals surface area contributed by atoms with E-state index in [2.05, 4.69) is 22.9 Å². The number of ether oxygens (including phenoxy) is 2. The zero-order valence-electron chi connectivity index (χ0n) is 24.3. The van der Waals surface area contributed by atoms with Crippen LogP contribution in [0.5, 0.6) is 0 Å². The SMILES string of the molecule is Cc1cc2c(s1)=Nc1ccccc1N(C(=O)OC(C)(C)OC(=O)C(C)(N)CC(C)(C)C)C=2N1CCN(C)CC1. The lowest BCUT2D eigenvalue weighted by atomic mass is 9.81. The first-order valence-electron chi connectivity index (χ1n) is 13.3. The third-order valence-electron chi connectivity index (χ3n) is 6.65. The van der Waals surface area contributed by atoms with Crippen LogP contribution in [-0.4, -0.2) is 66.4 Å². The summed E-state index contributed by atoms with van der Waals surface area (Å²) in [6, 6.07) is 9.59. The van der Waals surface area contributed by atoms with Crippen LogP contribution in [0, 0.1) is 12.3 Å². The van der Waals surface area contributed by atoms with Crippen molar-refractivity contribution < 1.29 is 19.1 Å². The van der Waals surface area contributed by atoms with E-state index in [4.69, 9.17) is 20.2 Å². The summed E-state index contributed by atoms with van der Waals surface area (Å²) in [6.45, 7) is 16.0. The molecule has 1 amide bonds. The number of nitrogens with zero attached hydrogens (tertiary/aromatic N) is 4. The molecule has 3 heterocycles. The van der Waals surface area contributed by atoms with Crippen molar-refractivity contribution in [2.45, 2.75) is 66.2 Å². The van der Waals surface area contributed by atoms with Gasteiger partial charge in [-0.3, -0.25) is 0 Å². The molecule has 2 aliphatic heterocycles. The lowest BCUT2D eigenvalue weighted by molar-refractivity contribution is -0.200. The Morgan fingerprint density at radius 2 is 1.67 bits per heavy atom. The summed E-state index contributed by atoms with van der Waals surface area (Å²) >= 11 is 1.59. The standard InChI is InChI=1S/C29H41N5O4S/c1-19-17-20-23(39-19)31-21-11-9-10-12-22(21)34(24(20)33-15-13-32(8)14-16-33)26(36)38-28(5,6)37-25(35)29(7,30)18-27(2,3)4/h9-12,17H,13-16,18,30H2,1-8H3. The number of carbonyl (C=O) groups is 2. The van der Waals surface area contributed by atoms with Gasteiger partial charge < -0.3 is 25.0 Å². The van der Waals surface area contributed by atoms with Gasteiger partial charge in [0.05, 0.1) is 16.6 Å². The second-order valence-electron chi connectivity index (χ2n) is 12.4. The summed E-state index contributed by atoms with van der Waals surface area (Å²) in [5, 5.41) is 0.879. The number of fused-ring (bicyclic) bond motifs is 2. The number of nitrogens with two attached hydrogens (primary N) is 1. The van der Waals surface area contributed by atoms with E-state index >= 15 is 0 Å². The van der Waals surface area contributed by atoms with E-state index < -0.39 is 23.4 Å². The second-order valence-corrected chi connectivity index (χ2v) is 13.7. The fourth-order valence-electron chi connectivity index (χ4n) is 5.14. The van der Waals surface area contributed by atoms with Crippen LogP contribution < -0.4 is 20.5 Å². The lowest BCUT2D eigenvalue weighted by Crippen LogP contribution is -2.53. The molecule has 1 atom stereocenters. The van der Waals surface area contributed by atoms with E-state index in [1.54, 1.807) is 37.0 Å². The van der Waals surface area contributed by atoms with Crippen LogP contribution in [0.4, 0.5) is 16.2 Å². The summed E-state index contributed by atoms with van der Waals surface area (Å²) in [6.07, 6.45) is -0.249. The highest BCUT2D eigenvalue weighted by molar-refractivity contribution is 7.09. The molecule has 1 saturated heterocycles. The minimum atomic E-state index is -1.56. The summed E-state index contributed by atoms with van der Waals surface area (Å²) in [7, 11) is 2.09. The van der Waals surface area contributed by atoms with Crippen LogP contribution in [0.15, 0.2) is 35.3 Å². The largest absolute Gasteiger partial charge is 0.423 e. The first-order chi connectivity index (χ1) is 18.1. The van der Waals surface area contributed by atoms with Gasteiger partial charge in [-0.25, -0.2) is 19.5 Å². The number of thiophene rings is 1. The van der Waals surface area contributed by atoms with E-state index in [1.807, 2.05) is 52.0 Å². The zero-order chi connectivity index (χ0) is 28.8. The number of rotatable bonds is 5. The number of hydrogen-bond donors (Lipinski definition) is 1. The highest BCUT2D eigenvalue weighted by Crippen LogP contribution is 2.35. The third kappa shape index (κ3) is 6.62. The molecule has 0 radical (unpaired) electrons. The van der Waals surface area contributed by atoms with Gasteiger partial charge in [-0.15, -0.1) is 11.3 Å². The number of amides is 1. The summed E-state index contributed by atoms with van der Waals surface area (Å²) < 4.78 is 12.5. The minimum Gasteiger partial charge on any atom is -0.422 e. The fraction of sp³-hybridized carbons (Fsp3) is 0.552. The number of likely N-dealkylation sites (N-methyl/N-ethyl adjacent to an activating group) is 1. The van der Waals surface area contributed by atoms with E-state index in [0.717, 1.165) is 46.8 Å². The van der Waals surface area contributed by atoms with Crippen molar-refractivity contribution in [1.29, 1.82) is 0 Å². The Kier molecular flexibility index (Phi) is 7.86. The number of anilines is 1. The van der Waals surface area contributed by atoms with Gasteiger partial charge in [0.25, 0.3) is 5.79 Å². The van der Waals surface area contributed by atoms with Gasteiger partial charge in [-0.2, -0.15) is 0 Å². The van der Waals surface area contributed by atoms with Gasteiger partial charge in [0.2, 0.25) is 0 Å². The number of para-hydroxylation sites is 2. The molecule has 9 nitrogen and oxygen atoms in total. The van der Waals surface area contributed by atoms with Crippen molar-refractivity contribution in [3.05, 3.63) is 45.1 Å². The Labute approximate surface area is 234 Å². The van der Waals surface area contributed by atoms with Crippen molar-refractivity contribution in [1.82, 2.24) is 9.80 Å². The molecule has 2 aliphatic rings. The van der Waals surface area contributed by atoms with Gasteiger partial charge in [0.15, 0.2) is 0 Å². The molecule has 2 N–H and O–H groups in total. The van der Waals surface area contributed by atoms with Crippen molar-refractivity contribution in [3.63, 3.8) is 0 Å².